The summed E-state index contributed by atoms with van der Waals surface area (Å²) >= 11 is 6.97. The first kappa shape index (κ1) is 13.3. The molecule has 0 saturated carbocycles. The molecule has 1 fully saturated rings. The summed E-state index contributed by atoms with van der Waals surface area (Å²) in [6, 6.07) is 1.69. The van der Waals surface area contributed by atoms with Crippen molar-refractivity contribution in [3.8, 4) is 0 Å². The molecule has 0 bridgehead atoms. The van der Waals surface area contributed by atoms with Crippen LogP contribution in [0, 0.1) is 0 Å². The number of hydrogen-bond donors (Lipinski definition) is 0. The molecule has 1 aromatic rings. The summed E-state index contributed by atoms with van der Waals surface area (Å²) in [5, 5.41) is 1.82. The van der Waals surface area contributed by atoms with Crippen LogP contribution in [0.5, 0.6) is 0 Å². The largest absolute Gasteiger partial charge is 0.252 e. The van der Waals surface area contributed by atoms with Gasteiger partial charge in [0.1, 0.15) is 4.21 Å². The minimum Gasteiger partial charge on any atom is -0.206 e. The van der Waals surface area contributed by atoms with Crippen molar-refractivity contribution < 1.29 is 8.42 Å². The van der Waals surface area contributed by atoms with Gasteiger partial charge in [-0.1, -0.05) is 12.8 Å². The zero-order valence-corrected chi connectivity index (χ0v) is 12.0. The van der Waals surface area contributed by atoms with E-state index in [0.717, 1.165) is 31.2 Å². The lowest BCUT2D eigenvalue weighted by Crippen LogP contribution is -2.31. The molecule has 0 unspecified atom stereocenters. The maximum atomic E-state index is 12.4. The van der Waals surface area contributed by atoms with Gasteiger partial charge in [0.25, 0.3) is 10.0 Å². The quantitative estimate of drug-likeness (QED) is 0.803. The van der Waals surface area contributed by atoms with E-state index < -0.39 is 10.0 Å². The highest BCUT2D eigenvalue weighted by Gasteiger charge is 2.26. The summed E-state index contributed by atoms with van der Waals surface area (Å²) in [4.78, 5) is 0. The van der Waals surface area contributed by atoms with E-state index in [1.165, 1.54) is 11.3 Å². The third-order valence-electron chi connectivity index (χ3n) is 2.94. The van der Waals surface area contributed by atoms with Crippen molar-refractivity contribution in [1.82, 2.24) is 4.31 Å². The Labute approximate surface area is 111 Å². The SMILES string of the molecule is O=S(=O)(c1cc(CCl)cs1)N1CCCCCC1. The fourth-order valence-electron chi connectivity index (χ4n) is 1.97. The molecule has 1 saturated heterocycles. The summed E-state index contributed by atoms with van der Waals surface area (Å²) in [7, 11) is -3.28. The van der Waals surface area contributed by atoms with Crippen molar-refractivity contribution in [3.63, 3.8) is 0 Å². The predicted octanol–water partition coefficient (Wildman–Crippen LogP) is 3.05. The third kappa shape index (κ3) is 3.02. The van der Waals surface area contributed by atoms with Crippen LogP contribution in [0.25, 0.3) is 0 Å². The number of sulfonamides is 1. The standard InChI is InChI=1S/C11H16ClNO2S2/c12-8-10-7-11(16-9-10)17(14,15)13-5-3-1-2-4-6-13/h7,9H,1-6,8H2. The third-order valence-corrected chi connectivity index (χ3v) is 6.61. The summed E-state index contributed by atoms with van der Waals surface area (Å²) in [5.74, 6) is 0.367. The number of rotatable bonds is 3. The molecule has 0 spiro atoms. The molecule has 0 aliphatic carbocycles. The first-order chi connectivity index (χ1) is 8.14. The molecule has 3 nitrogen and oxygen atoms in total. The Morgan fingerprint density at radius 3 is 2.41 bits per heavy atom. The average molecular weight is 294 g/mol. The van der Waals surface area contributed by atoms with Crippen molar-refractivity contribution in [3.05, 3.63) is 17.0 Å². The molecule has 96 valence electrons. The van der Waals surface area contributed by atoms with Crippen LogP contribution in [0.3, 0.4) is 0 Å². The van der Waals surface area contributed by atoms with Crippen molar-refractivity contribution in [2.24, 2.45) is 0 Å². The molecular formula is C11H16ClNO2S2. The second-order valence-corrected chi connectivity index (χ2v) is 7.57. The van der Waals surface area contributed by atoms with Gasteiger partial charge >= 0.3 is 0 Å². The molecule has 17 heavy (non-hydrogen) atoms. The number of alkyl halides is 1. The van der Waals surface area contributed by atoms with E-state index in [1.54, 1.807) is 10.4 Å². The van der Waals surface area contributed by atoms with E-state index in [2.05, 4.69) is 0 Å². The first-order valence-corrected chi connectivity index (χ1v) is 8.63. The van der Waals surface area contributed by atoms with E-state index in [-0.39, 0.29) is 0 Å². The number of halogens is 1. The van der Waals surface area contributed by atoms with Gasteiger partial charge in [-0.15, -0.1) is 22.9 Å². The first-order valence-electron chi connectivity index (χ1n) is 5.78. The Morgan fingerprint density at radius 1 is 1.24 bits per heavy atom. The van der Waals surface area contributed by atoms with Crippen LogP contribution in [0.1, 0.15) is 31.2 Å². The van der Waals surface area contributed by atoms with Crippen LogP contribution >= 0.6 is 22.9 Å². The van der Waals surface area contributed by atoms with Gasteiger partial charge in [0.05, 0.1) is 0 Å². The van der Waals surface area contributed by atoms with E-state index in [0.29, 0.717) is 23.2 Å². The molecule has 2 rings (SSSR count). The van der Waals surface area contributed by atoms with Crippen molar-refractivity contribution in [1.29, 1.82) is 0 Å². The molecule has 0 amide bonds. The molecule has 0 atom stereocenters. The predicted molar refractivity (Wildman–Crippen MR) is 71.1 cm³/mol. The van der Waals surface area contributed by atoms with E-state index in [1.807, 2.05) is 5.38 Å². The van der Waals surface area contributed by atoms with Gasteiger partial charge in [0.2, 0.25) is 0 Å². The average Bonchev–Trinajstić information content (AvgIpc) is 2.64. The lowest BCUT2D eigenvalue weighted by Gasteiger charge is -2.18. The van der Waals surface area contributed by atoms with Gasteiger partial charge in [0.15, 0.2) is 0 Å². The summed E-state index contributed by atoms with van der Waals surface area (Å²) in [6.07, 6.45) is 4.19. The molecule has 6 heteroatoms. The number of nitrogens with zero attached hydrogens (tertiary/aromatic N) is 1. The highest BCUT2D eigenvalue weighted by molar-refractivity contribution is 7.91. The van der Waals surface area contributed by atoms with Crippen LogP contribution in [-0.4, -0.2) is 25.8 Å². The smallest absolute Gasteiger partial charge is 0.206 e. The summed E-state index contributed by atoms with van der Waals surface area (Å²) in [5.41, 5.74) is 0.880. The van der Waals surface area contributed by atoms with E-state index in [9.17, 15) is 8.42 Å². The van der Waals surface area contributed by atoms with E-state index in [4.69, 9.17) is 11.6 Å². The second kappa shape index (κ2) is 5.69. The Morgan fingerprint density at radius 2 is 1.88 bits per heavy atom. The van der Waals surface area contributed by atoms with Crippen LogP contribution in [0.15, 0.2) is 15.7 Å². The summed E-state index contributed by atoms with van der Waals surface area (Å²) < 4.78 is 26.8. The van der Waals surface area contributed by atoms with Crippen LogP contribution in [0.2, 0.25) is 0 Å². The summed E-state index contributed by atoms with van der Waals surface area (Å²) in [6.45, 7) is 1.30. The van der Waals surface area contributed by atoms with E-state index >= 15 is 0 Å². The molecule has 1 aliphatic rings. The maximum Gasteiger partial charge on any atom is 0.252 e. The van der Waals surface area contributed by atoms with Gasteiger partial charge in [-0.05, 0) is 29.9 Å². The number of hydrogen-bond acceptors (Lipinski definition) is 3. The highest BCUT2D eigenvalue weighted by Crippen LogP contribution is 2.26. The monoisotopic (exact) mass is 293 g/mol. The molecular weight excluding hydrogens is 278 g/mol. The van der Waals surface area contributed by atoms with Gasteiger partial charge in [0, 0.05) is 19.0 Å². The van der Waals surface area contributed by atoms with Crippen molar-refractivity contribution in [2.45, 2.75) is 35.8 Å². The zero-order chi connectivity index (χ0) is 12.3. The molecule has 0 aromatic carbocycles. The Kier molecular flexibility index (Phi) is 4.47. The Bertz CT molecular complexity index is 462. The second-order valence-electron chi connectivity index (χ2n) is 4.23. The van der Waals surface area contributed by atoms with Crippen LogP contribution in [0.4, 0.5) is 0 Å². The minimum absolute atomic E-state index is 0.367. The lowest BCUT2D eigenvalue weighted by molar-refractivity contribution is 0.425. The zero-order valence-electron chi connectivity index (χ0n) is 9.56. The molecule has 1 aromatic heterocycles. The van der Waals surface area contributed by atoms with Gasteiger partial charge in [-0.25, -0.2) is 8.42 Å². The molecule has 2 heterocycles. The topological polar surface area (TPSA) is 37.4 Å². The minimum atomic E-state index is -3.28. The van der Waals surface area contributed by atoms with Gasteiger partial charge in [-0.3, -0.25) is 0 Å². The highest BCUT2D eigenvalue weighted by atomic mass is 35.5. The van der Waals surface area contributed by atoms with Crippen molar-refractivity contribution >= 4 is 33.0 Å². The Hall–Kier alpha value is -0.100. The fourth-order valence-corrected chi connectivity index (χ4v) is 5.09. The van der Waals surface area contributed by atoms with Crippen molar-refractivity contribution in [2.75, 3.05) is 13.1 Å². The molecule has 1 aliphatic heterocycles. The lowest BCUT2D eigenvalue weighted by atomic mass is 10.2. The normalized spacial score (nSPS) is 19.1. The number of thiophene rings is 1. The van der Waals surface area contributed by atoms with Gasteiger partial charge in [-0.2, -0.15) is 4.31 Å². The van der Waals surface area contributed by atoms with Crippen LogP contribution < -0.4 is 0 Å². The maximum absolute atomic E-state index is 12.4. The molecule has 0 N–H and O–H groups in total. The van der Waals surface area contributed by atoms with Gasteiger partial charge < -0.3 is 0 Å². The fraction of sp³-hybridized carbons (Fsp3) is 0.636. The van der Waals surface area contributed by atoms with Crippen LogP contribution in [-0.2, 0) is 15.9 Å². The Balaban J connectivity index is 2.22. The molecule has 0 radical (unpaired) electrons.